The molecule has 0 aliphatic carbocycles. The van der Waals surface area contributed by atoms with E-state index >= 15 is 0 Å². The van der Waals surface area contributed by atoms with Crippen molar-refractivity contribution in [2.75, 3.05) is 12.8 Å². The number of hydrogen-bond acceptors (Lipinski definition) is 2. The topological polar surface area (TPSA) is 58.4 Å². The fraction of sp³-hybridized carbons (Fsp3) is 0.188. The molecular weight excluding hydrogens is 250 g/mol. The summed E-state index contributed by atoms with van der Waals surface area (Å²) in [6.07, 6.45) is 0. The van der Waals surface area contributed by atoms with Crippen molar-refractivity contribution in [2.45, 2.75) is 13.1 Å². The van der Waals surface area contributed by atoms with Crippen LogP contribution in [0.5, 0.6) is 0 Å². The van der Waals surface area contributed by atoms with E-state index in [1.165, 1.54) is 0 Å². The highest BCUT2D eigenvalue weighted by molar-refractivity contribution is 5.74. The number of carbonyl (C=O) groups is 1. The van der Waals surface area contributed by atoms with Gasteiger partial charge in [0.25, 0.3) is 0 Å². The fourth-order valence-electron chi connectivity index (χ4n) is 1.91. The number of anilines is 1. The number of urea groups is 1. The van der Waals surface area contributed by atoms with Gasteiger partial charge in [0, 0.05) is 25.8 Å². The van der Waals surface area contributed by atoms with Gasteiger partial charge < -0.3 is 16.0 Å². The van der Waals surface area contributed by atoms with Gasteiger partial charge in [0.1, 0.15) is 0 Å². The van der Waals surface area contributed by atoms with Crippen molar-refractivity contribution in [3.8, 4) is 0 Å². The van der Waals surface area contributed by atoms with Crippen molar-refractivity contribution in [3.05, 3.63) is 65.7 Å². The zero-order chi connectivity index (χ0) is 14.4. The summed E-state index contributed by atoms with van der Waals surface area (Å²) in [7, 11) is 1.76. The first-order chi connectivity index (χ1) is 9.66. The Bertz CT molecular complexity index is 569. The van der Waals surface area contributed by atoms with Gasteiger partial charge >= 0.3 is 6.03 Å². The summed E-state index contributed by atoms with van der Waals surface area (Å²) < 4.78 is 0. The number of carbonyl (C=O) groups excluding carboxylic acids is 1. The van der Waals surface area contributed by atoms with E-state index < -0.39 is 0 Å². The van der Waals surface area contributed by atoms with E-state index in [0.717, 1.165) is 11.1 Å². The molecule has 2 aromatic rings. The number of nitrogens with one attached hydrogen (secondary N) is 1. The number of amides is 2. The molecule has 4 nitrogen and oxygen atoms in total. The van der Waals surface area contributed by atoms with E-state index in [0.29, 0.717) is 18.8 Å². The third-order valence-corrected chi connectivity index (χ3v) is 3.10. The van der Waals surface area contributed by atoms with Crippen molar-refractivity contribution >= 4 is 11.7 Å². The Hall–Kier alpha value is -2.49. The van der Waals surface area contributed by atoms with Gasteiger partial charge in [-0.05, 0) is 17.2 Å². The lowest BCUT2D eigenvalue weighted by Crippen LogP contribution is -2.36. The Kier molecular flexibility index (Phi) is 4.60. The quantitative estimate of drug-likeness (QED) is 0.838. The number of nitrogen functional groups attached to an aromatic ring is 1. The normalized spacial score (nSPS) is 10.1. The molecule has 104 valence electrons. The molecule has 2 aromatic carbocycles. The molecular formula is C16H19N3O. The van der Waals surface area contributed by atoms with E-state index in [4.69, 9.17) is 5.73 Å². The van der Waals surface area contributed by atoms with Gasteiger partial charge in [-0.25, -0.2) is 4.79 Å². The van der Waals surface area contributed by atoms with Crippen LogP contribution in [0.15, 0.2) is 54.6 Å². The molecule has 0 aliphatic heterocycles. The smallest absolute Gasteiger partial charge is 0.317 e. The molecule has 0 heterocycles. The van der Waals surface area contributed by atoms with Crippen LogP contribution >= 0.6 is 0 Å². The second kappa shape index (κ2) is 6.61. The van der Waals surface area contributed by atoms with Crippen molar-refractivity contribution < 1.29 is 4.79 Å². The molecule has 0 atom stereocenters. The molecule has 2 rings (SSSR count). The van der Waals surface area contributed by atoms with Crippen LogP contribution in [0, 0.1) is 0 Å². The summed E-state index contributed by atoms with van der Waals surface area (Å²) in [4.78, 5) is 13.6. The van der Waals surface area contributed by atoms with E-state index in [-0.39, 0.29) is 6.03 Å². The Morgan fingerprint density at radius 1 is 1.10 bits per heavy atom. The molecule has 0 bridgehead atoms. The zero-order valence-electron chi connectivity index (χ0n) is 11.5. The second-order valence-electron chi connectivity index (χ2n) is 4.70. The van der Waals surface area contributed by atoms with Gasteiger partial charge in [-0.3, -0.25) is 0 Å². The predicted molar refractivity (Wildman–Crippen MR) is 81.0 cm³/mol. The number of nitrogens with zero attached hydrogens (tertiary/aromatic N) is 1. The summed E-state index contributed by atoms with van der Waals surface area (Å²) in [6.45, 7) is 1.02. The molecule has 0 aliphatic rings. The number of hydrogen-bond donors (Lipinski definition) is 2. The third-order valence-electron chi connectivity index (χ3n) is 3.10. The zero-order valence-corrected chi connectivity index (χ0v) is 11.5. The molecule has 2 amide bonds. The minimum Gasteiger partial charge on any atom is -0.398 e. The lowest BCUT2D eigenvalue weighted by molar-refractivity contribution is 0.206. The summed E-state index contributed by atoms with van der Waals surface area (Å²) in [5, 5.41) is 2.88. The molecule has 20 heavy (non-hydrogen) atoms. The van der Waals surface area contributed by atoms with E-state index in [2.05, 4.69) is 5.32 Å². The van der Waals surface area contributed by atoms with Crippen molar-refractivity contribution in [3.63, 3.8) is 0 Å². The van der Waals surface area contributed by atoms with Gasteiger partial charge in [-0.15, -0.1) is 0 Å². The third kappa shape index (κ3) is 3.75. The van der Waals surface area contributed by atoms with Gasteiger partial charge in [0.15, 0.2) is 0 Å². The molecule has 0 saturated carbocycles. The number of rotatable bonds is 4. The van der Waals surface area contributed by atoms with Crippen molar-refractivity contribution in [1.82, 2.24) is 10.2 Å². The van der Waals surface area contributed by atoms with E-state index in [1.807, 2.05) is 54.6 Å². The molecule has 0 unspecified atom stereocenters. The van der Waals surface area contributed by atoms with Crippen LogP contribution in [0.3, 0.4) is 0 Å². The average Bonchev–Trinajstić information content (AvgIpc) is 2.48. The van der Waals surface area contributed by atoms with Crippen LogP contribution in [0.25, 0.3) is 0 Å². The van der Waals surface area contributed by atoms with E-state index in [1.54, 1.807) is 11.9 Å². The van der Waals surface area contributed by atoms with Crippen LogP contribution < -0.4 is 11.1 Å². The molecule has 0 spiro atoms. The van der Waals surface area contributed by atoms with Crippen LogP contribution in [0.4, 0.5) is 10.5 Å². The SMILES string of the molecule is CN(Cc1ccccc1N)C(=O)NCc1ccccc1. The number of para-hydroxylation sites is 1. The summed E-state index contributed by atoms with van der Waals surface area (Å²) in [5.41, 5.74) is 8.61. The maximum atomic E-state index is 12.0. The van der Waals surface area contributed by atoms with Crippen molar-refractivity contribution in [2.24, 2.45) is 0 Å². The Balaban J connectivity index is 1.88. The Labute approximate surface area is 119 Å². The fourth-order valence-corrected chi connectivity index (χ4v) is 1.91. The number of benzene rings is 2. The number of nitrogens with two attached hydrogens (primary N) is 1. The summed E-state index contributed by atoms with van der Waals surface area (Å²) in [5.74, 6) is 0. The minimum atomic E-state index is -0.114. The largest absolute Gasteiger partial charge is 0.398 e. The van der Waals surface area contributed by atoms with Crippen LogP contribution in [-0.2, 0) is 13.1 Å². The van der Waals surface area contributed by atoms with Crippen LogP contribution in [0.2, 0.25) is 0 Å². The van der Waals surface area contributed by atoms with Crippen LogP contribution in [0.1, 0.15) is 11.1 Å². The lowest BCUT2D eigenvalue weighted by atomic mass is 10.2. The first-order valence-corrected chi connectivity index (χ1v) is 6.53. The summed E-state index contributed by atoms with van der Waals surface area (Å²) in [6, 6.07) is 17.3. The molecule has 3 N–H and O–H groups in total. The van der Waals surface area contributed by atoms with Gasteiger partial charge in [0.05, 0.1) is 0 Å². The minimum absolute atomic E-state index is 0.114. The lowest BCUT2D eigenvalue weighted by Gasteiger charge is -2.19. The van der Waals surface area contributed by atoms with E-state index in [9.17, 15) is 4.79 Å². The molecule has 0 fully saturated rings. The maximum absolute atomic E-state index is 12.0. The first kappa shape index (κ1) is 13.9. The molecule has 0 aromatic heterocycles. The van der Waals surface area contributed by atoms with Gasteiger partial charge in [0.2, 0.25) is 0 Å². The standard InChI is InChI=1S/C16H19N3O/c1-19(12-14-9-5-6-10-15(14)17)16(20)18-11-13-7-3-2-4-8-13/h2-10H,11-12,17H2,1H3,(H,18,20). The summed E-state index contributed by atoms with van der Waals surface area (Å²) >= 11 is 0. The highest BCUT2D eigenvalue weighted by Gasteiger charge is 2.09. The predicted octanol–water partition coefficient (Wildman–Crippen LogP) is 2.61. The molecule has 4 heteroatoms. The highest BCUT2D eigenvalue weighted by Crippen LogP contribution is 2.12. The van der Waals surface area contributed by atoms with Gasteiger partial charge in [-0.1, -0.05) is 48.5 Å². The highest BCUT2D eigenvalue weighted by atomic mass is 16.2. The maximum Gasteiger partial charge on any atom is 0.317 e. The second-order valence-corrected chi connectivity index (χ2v) is 4.70. The first-order valence-electron chi connectivity index (χ1n) is 6.53. The molecule has 0 saturated heterocycles. The Morgan fingerprint density at radius 2 is 1.75 bits per heavy atom. The molecule has 0 radical (unpaired) electrons. The monoisotopic (exact) mass is 269 g/mol. The van der Waals surface area contributed by atoms with Crippen molar-refractivity contribution in [1.29, 1.82) is 0 Å². The Morgan fingerprint density at radius 3 is 2.45 bits per heavy atom. The average molecular weight is 269 g/mol. The van der Waals surface area contributed by atoms with Gasteiger partial charge in [-0.2, -0.15) is 0 Å². The van der Waals surface area contributed by atoms with Crippen LogP contribution in [-0.4, -0.2) is 18.0 Å².